The van der Waals surface area contributed by atoms with Crippen LogP contribution in [0.25, 0.3) is 0 Å². The molecule has 0 bridgehead atoms. The van der Waals surface area contributed by atoms with Gasteiger partial charge in [0.25, 0.3) is 0 Å². The molecule has 1 aliphatic rings. The van der Waals surface area contributed by atoms with Gasteiger partial charge in [0.1, 0.15) is 0 Å². The van der Waals surface area contributed by atoms with Crippen molar-refractivity contribution in [1.29, 1.82) is 0 Å². The molecule has 56 valence electrons. The summed E-state index contributed by atoms with van der Waals surface area (Å²) in [4.78, 5) is 14.8. The van der Waals surface area contributed by atoms with E-state index in [2.05, 4.69) is 9.99 Å². The Labute approximate surface area is 57.2 Å². The number of carboxylic acids is 1. The van der Waals surface area contributed by atoms with E-state index in [1.54, 1.807) is 0 Å². The van der Waals surface area contributed by atoms with E-state index in [0.29, 0.717) is 0 Å². The Morgan fingerprint density at radius 2 is 2.40 bits per heavy atom. The molecule has 0 aromatic carbocycles. The Bertz CT molecular complexity index is 200. The molecule has 0 radical (unpaired) electrons. The van der Waals surface area contributed by atoms with Crippen molar-refractivity contribution in [2.45, 2.75) is 19.6 Å². The van der Waals surface area contributed by atoms with E-state index in [9.17, 15) is 4.79 Å². The lowest BCUT2D eigenvalue weighted by Gasteiger charge is -2.14. The third kappa shape index (κ3) is 0.896. The number of carbonyl (C=O) groups is 1. The highest BCUT2D eigenvalue weighted by atomic mass is 16.8. The Balaban J connectivity index is 2.70. The lowest BCUT2D eigenvalue weighted by molar-refractivity contribution is -0.195. The zero-order chi connectivity index (χ0) is 7.78. The van der Waals surface area contributed by atoms with E-state index in [4.69, 9.17) is 9.84 Å². The lowest BCUT2D eigenvalue weighted by atomic mass is 10.3. The Morgan fingerprint density at radius 1 is 1.80 bits per heavy atom. The predicted molar refractivity (Wildman–Crippen MR) is 31.3 cm³/mol. The van der Waals surface area contributed by atoms with Crippen LogP contribution in [-0.2, 0) is 14.4 Å². The molecular weight excluding hydrogens is 138 g/mol. The molecule has 1 atom stereocenters. The Hall–Kier alpha value is -1.26. The molecule has 0 amide bonds. The van der Waals surface area contributed by atoms with Gasteiger partial charge in [-0.1, -0.05) is 0 Å². The Morgan fingerprint density at radius 3 is 2.60 bits per heavy atom. The van der Waals surface area contributed by atoms with E-state index >= 15 is 0 Å². The largest absolute Gasteiger partial charge is 0.475 e. The molecule has 5 nitrogen and oxygen atoms in total. The zero-order valence-corrected chi connectivity index (χ0v) is 5.62. The topological polar surface area (TPSA) is 68.1 Å². The molecule has 5 heteroatoms. The molecule has 1 N–H and O–H groups in total. The van der Waals surface area contributed by atoms with Gasteiger partial charge >= 0.3 is 11.8 Å². The van der Waals surface area contributed by atoms with Gasteiger partial charge in [-0.2, -0.15) is 0 Å². The number of carboxylic acid groups (broad SMARTS) is 1. The first-order valence-electron chi connectivity index (χ1n) is 2.70. The standard InChI is InChI=1S/C5H7NO4/c1-3-6-10-5(2,9-3)4(7)8/h1-2H3,(H,7,8)/t5-/m0/s1. The molecule has 0 saturated carbocycles. The van der Waals surface area contributed by atoms with Crippen LogP contribution in [0.4, 0.5) is 0 Å². The number of hydrogen-bond donors (Lipinski definition) is 1. The summed E-state index contributed by atoms with van der Waals surface area (Å²) in [7, 11) is 0. The van der Waals surface area contributed by atoms with E-state index in [1.165, 1.54) is 13.8 Å². The lowest BCUT2D eigenvalue weighted by Crippen LogP contribution is -2.37. The SMILES string of the molecule is CC1=NO[C@@](C)(C(=O)O)O1. The minimum atomic E-state index is -1.62. The van der Waals surface area contributed by atoms with Crippen LogP contribution in [0, 0.1) is 0 Å². The van der Waals surface area contributed by atoms with Crippen molar-refractivity contribution < 1.29 is 19.5 Å². The van der Waals surface area contributed by atoms with Gasteiger partial charge in [-0.15, -0.1) is 0 Å². The second-order valence-corrected chi connectivity index (χ2v) is 2.05. The fourth-order valence-electron chi connectivity index (χ4n) is 0.553. The summed E-state index contributed by atoms with van der Waals surface area (Å²) in [5.74, 6) is -2.58. The quantitative estimate of drug-likeness (QED) is 0.571. The monoisotopic (exact) mass is 145 g/mol. The smallest absolute Gasteiger partial charge is 0.392 e. The first kappa shape index (κ1) is 6.85. The van der Waals surface area contributed by atoms with Crippen LogP contribution in [0.1, 0.15) is 13.8 Å². The first-order valence-corrected chi connectivity index (χ1v) is 2.70. The highest BCUT2D eigenvalue weighted by Crippen LogP contribution is 2.19. The number of ether oxygens (including phenoxy) is 1. The summed E-state index contributed by atoms with van der Waals surface area (Å²) in [5.41, 5.74) is 0. The van der Waals surface area contributed by atoms with Crippen molar-refractivity contribution in [3.8, 4) is 0 Å². The zero-order valence-electron chi connectivity index (χ0n) is 5.62. The minimum Gasteiger partial charge on any atom is -0.475 e. The van der Waals surface area contributed by atoms with Gasteiger partial charge in [0.15, 0.2) is 0 Å². The molecule has 0 aliphatic carbocycles. The van der Waals surface area contributed by atoms with E-state index in [0.717, 1.165) is 0 Å². The third-order valence-corrected chi connectivity index (χ3v) is 1.08. The average Bonchev–Trinajstić information content (AvgIpc) is 2.13. The average molecular weight is 145 g/mol. The molecule has 0 unspecified atom stereocenters. The summed E-state index contributed by atoms with van der Waals surface area (Å²) in [6, 6.07) is 0. The van der Waals surface area contributed by atoms with Gasteiger partial charge in [0, 0.05) is 13.8 Å². The van der Waals surface area contributed by atoms with E-state index in [1.807, 2.05) is 0 Å². The summed E-state index contributed by atoms with van der Waals surface area (Å²) >= 11 is 0. The third-order valence-electron chi connectivity index (χ3n) is 1.08. The van der Waals surface area contributed by atoms with Crippen LogP contribution in [0.2, 0.25) is 0 Å². The van der Waals surface area contributed by atoms with Crippen LogP contribution < -0.4 is 0 Å². The van der Waals surface area contributed by atoms with Crippen molar-refractivity contribution in [2.24, 2.45) is 5.16 Å². The Kier molecular flexibility index (Phi) is 1.28. The fourth-order valence-corrected chi connectivity index (χ4v) is 0.553. The highest BCUT2D eigenvalue weighted by molar-refractivity contribution is 5.82. The first-order chi connectivity index (χ1) is 4.54. The molecule has 0 aromatic heterocycles. The number of aliphatic carboxylic acids is 1. The molecule has 0 saturated heterocycles. The normalized spacial score (nSPS) is 30.4. The van der Waals surface area contributed by atoms with Gasteiger partial charge in [-0.05, 0) is 5.16 Å². The van der Waals surface area contributed by atoms with Crippen molar-refractivity contribution >= 4 is 11.9 Å². The number of hydrogen-bond acceptors (Lipinski definition) is 4. The van der Waals surface area contributed by atoms with Gasteiger partial charge < -0.3 is 14.7 Å². The van der Waals surface area contributed by atoms with Crippen LogP contribution >= 0.6 is 0 Å². The van der Waals surface area contributed by atoms with Gasteiger partial charge in [0.05, 0.1) is 0 Å². The number of nitrogens with zero attached hydrogens (tertiary/aromatic N) is 1. The molecule has 1 aliphatic heterocycles. The predicted octanol–water partition coefficient (Wildman–Crippen LogP) is 0.167. The second-order valence-electron chi connectivity index (χ2n) is 2.05. The second kappa shape index (κ2) is 1.86. The van der Waals surface area contributed by atoms with Crippen molar-refractivity contribution in [1.82, 2.24) is 0 Å². The van der Waals surface area contributed by atoms with Gasteiger partial charge in [-0.3, -0.25) is 0 Å². The molecular formula is C5H7NO4. The molecule has 1 rings (SSSR count). The molecule has 0 aromatic rings. The van der Waals surface area contributed by atoms with Crippen LogP contribution in [0.5, 0.6) is 0 Å². The van der Waals surface area contributed by atoms with Gasteiger partial charge in [-0.25, -0.2) is 4.79 Å². The van der Waals surface area contributed by atoms with E-state index < -0.39 is 11.8 Å². The fraction of sp³-hybridized carbons (Fsp3) is 0.600. The highest BCUT2D eigenvalue weighted by Gasteiger charge is 2.43. The van der Waals surface area contributed by atoms with Crippen LogP contribution in [0.3, 0.4) is 0 Å². The molecule has 0 fully saturated rings. The summed E-state index contributed by atoms with van der Waals surface area (Å²) < 4.78 is 4.74. The molecule has 10 heavy (non-hydrogen) atoms. The van der Waals surface area contributed by atoms with Crippen molar-refractivity contribution in [3.05, 3.63) is 0 Å². The minimum absolute atomic E-state index is 0.227. The summed E-state index contributed by atoms with van der Waals surface area (Å²) in [5, 5.41) is 11.8. The van der Waals surface area contributed by atoms with Crippen LogP contribution in [-0.4, -0.2) is 22.8 Å². The van der Waals surface area contributed by atoms with Crippen molar-refractivity contribution in [2.75, 3.05) is 0 Å². The molecule has 1 heterocycles. The van der Waals surface area contributed by atoms with Crippen LogP contribution in [0.15, 0.2) is 5.16 Å². The molecule has 0 spiro atoms. The maximum atomic E-state index is 10.3. The number of oxime groups is 1. The van der Waals surface area contributed by atoms with Crippen molar-refractivity contribution in [3.63, 3.8) is 0 Å². The maximum Gasteiger partial charge on any atom is 0.392 e. The maximum absolute atomic E-state index is 10.3. The summed E-state index contributed by atoms with van der Waals surface area (Å²) in [6.07, 6.45) is 0. The van der Waals surface area contributed by atoms with E-state index in [-0.39, 0.29) is 5.90 Å². The van der Waals surface area contributed by atoms with Gasteiger partial charge in [0.2, 0.25) is 5.90 Å². The number of rotatable bonds is 1. The summed E-state index contributed by atoms with van der Waals surface area (Å²) in [6.45, 7) is 2.81.